The molecule has 2 rings (SSSR count). The number of anilines is 2. The summed E-state index contributed by atoms with van der Waals surface area (Å²) in [4.78, 5) is 2.25. The van der Waals surface area contributed by atoms with Crippen molar-refractivity contribution in [3.05, 3.63) is 24.3 Å². The number of hydrogen-bond acceptors (Lipinski definition) is 3. The lowest BCUT2D eigenvalue weighted by Gasteiger charge is -2.15. The van der Waals surface area contributed by atoms with Crippen LogP contribution in [0.2, 0.25) is 0 Å². The summed E-state index contributed by atoms with van der Waals surface area (Å²) in [6.45, 7) is 3.94. The highest BCUT2D eigenvalue weighted by atomic mass is 15.5. The second kappa shape index (κ2) is 2.68. The minimum atomic E-state index is 0.801. The second-order valence-corrected chi connectivity index (χ2v) is 2.96. The highest BCUT2D eigenvalue weighted by Gasteiger charge is 2.20. The van der Waals surface area contributed by atoms with E-state index in [1.807, 2.05) is 18.2 Å². The summed E-state index contributed by atoms with van der Waals surface area (Å²) in [7, 11) is 0. The van der Waals surface area contributed by atoms with Crippen LogP contribution in [0.5, 0.6) is 0 Å². The van der Waals surface area contributed by atoms with Gasteiger partial charge in [0.05, 0.1) is 11.4 Å². The first-order valence-electron chi connectivity index (χ1n) is 4.19. The van der Waals surface area contributed by atoms with E-state index >= 15 is 0 Å². The highest BCUT2D eigenvalue weighted by molar-refractivity contribution is 5.75. The van der Waals surface area contributed by atoms with E-state index in [2.05, 4.69) is 17.9 Å². The van der Waals surface area contributed by atoms with Crippen molar-refractivity contribution < 1.29 is 0 Å². The standard InChI is InChI=1S/C9H13N3/c1-2-11-7-12(10)9-6-4-3-5-8(9)11/h3-6H,2,7,10H2,1H3. The van der Waals surface area contributed by atoms with Crippen molar-refractivity contribution in [3.63, 3.8) is 0 Å². The molecule has 0 saturated heterocycles. The number of nitrogens with zero attached hydrogens (tertiary/aromatic N) is 2. The first-order chi connectivity index (χ1) is 5.83. The van der Waals surface area contributed by atoms with Crippen LogP contribution in [0.4, 0.5) is 11.4 Å². The van der Waals surface area contributed by atoms with E-state index < -0.39 is 0 Å². The van der Waals surface area contributed by atoms with Gasteiger partial charge in [0.2, 0.25) is 0 Å². The average Bonchev–Trinajstić information content (AvgIpc) is 2.44. The molecule has 2 N–H and O–H groups in total. The molecule has 0 unspecified atom stereocenters. The Kier molecular flexibility index (Phi) is 1.66. The van der Waals surface area contributed by atoms with Gasteiger partial charge in [0, 0.05) is 6.54 Å². The van der Waals surface area contributed by atoms with E-state index in [0.29, 0.717) is 0 Å². The Hall–Kier alpha value is -1.22. The third-order valence-electron chi connectivity index (χ3n) is 2.24. The summed E-state index contributed by atoms with van der Waals surface area (Å²) in [5, 5.41) is 1.78. The third-order valence-corrected chi connectivity index (χ3v) is 2.24. The maximum absolute atomic E-state index is 5.80. The van der Waals surface area contributed by atoms with Gasteiger partial charge in [-0.3, -0.25) is 5.01 Å². The van der Waals surface area contributed by atoms with Gasteiger partial charge in [-0.05, 0) is 19.1 Å². The fraction of sp³-hybridized carbons (Fsp3) is 0.333. The number of hydrazine groups is 1. The molecule has 1 aromatic rings. The summed E-state index contributed by atoms with van der Waals surface area (Å²) in [5.74, 6) is 5.80. The monoisotopic (exact) mass is 163 g/mol. The molecule has 0 saturated carbocycles. The van der Waals surface area contributed by atoms with Crippen molar-refractivity contribution in [2.45, 2.75) is 6.92 Å². The number of rotatable bonds is 1. The molecule has 1 aliphatic heterocycles. The van der Waals surface area contributed by atoms with E-state index in [0.717, 1.165) is 18.9 Å². The zero-order valence-electron chi connectivity index (χ0n) is 7.20. The van der Waals surface area contributed by atoms with Crippen molar-refractivity contribution in [2.75, 3.05) is 23.1 Å². The molecule has 1 aliphatic rings. The van der Waals surface area contributed by atoms with Crippen LogP contribution in [0.25, 0.3) is 0 Å². The Morgan fingerprint density at radius 3 is 2.67 bits per heavy atom. The number of benzene rings is 1. The van der Waals surface area contributed by atoms with Crippen molar-refractivity contribution in [3.8, 4) is 0 Å². The lowest BCUT2D eigenvalue weighted by Crippen LogP contribution is -2.35. The average molecular weight is 163 g/mol. The smallest absolute Gasteiger partial charge is 0.105 e. The number of nitrogens with two attached hydrogens (primary N) is 1. The van der Waals surface area contributed by atoms with Gasteiger partial charge >= 0.3 is 0 Å². The van der Waals surface area contributed by atoms with E-state index in [-0.39, 0.29) is 0 Å². The van der Waals surface area contributed by atoms with Crippen LogP contribution in [-0.2, 0) is 0 Å². The minimum Gasteiger partial charge on any atom is -0.351 e. The van der Waals surface area contributed by atoms with Crippen LogP contribution in [0.15, 0.2) is 24.3 Å². The Morgan fingerprint density at radius 2 is 2.00 bits per heavy atom. The number of fused-ring (bicyclic) bond motifs is 1. The van der Waals surface area contributed by atoms with E-state index in [4.69, 9.17) is 5.84 Å². The van der Waals surface area contributed by atoms with Gasteiger partial charge in [0.1, 0.15) is 6.67 Å². The maximum atomic E-state index is 5.80. The summed E-state index contributed by atoms with van der Waals surface area (Å²) < 4.78 is 0. The Bertz CT molecular complexity index is 285. The van der Waals surface area contributed by atoms with Gasteiger partial charge in [-0.2, -0.15) is 0 Å². The lowest BCUT2D eigenvalue weighted by molar-refractivity contribution is 0.811. The summed E-state index contributed by atoms with van der Waals surface area (Å²) in [5.41, 5.74) is 2.36. The topological polar surface area (TPSA) is 32.5 Å². The Morgan fingerprint density at radius 1 is 1.33 bits per heavy atom. The molecule has 1 aromatic carbocycles. The quantitative estimate of drug-likeness (QED) is 0.631. The molecular formula is C9H13N3. The lowest BCUT2D eigenvalue weighted by atomic mass is 10.2. The molecule has 0 spiro atoms. The normalized spacial score (nSPS) is 15.2. The molecule has 12 heavy (non-hydrogen) atoms. The van der Waals surface area contributed by atoms with Crippen LogP contribution in [0.3, 0.4) is 0 Å². The molecule has 0 bridgehead atoms. The summed E-state index contributed by atoms with van der Waals surface area (Å²) in [6.07, 6.45) is 0. The second-order valence-electron chi connectivity index (χ2n) is 2.96. The van der Waals surface area contributed by atoms with Gasteiger partial charge in [-0.1, -0.05) is 12.1 Å². The highest BCUT2D eigenvalue weighted by Crippen LogP contribution is 2.32. The van der Waals surface area contributed by atoms with Gasteiger partial charge in [0.25, 0.3) is 0 Å². The number of para-hydroxylation sites is 2. The molecule has 0 aromatic heterocycles. The predicted octanol–water partition coefficient (Wildman–Crippen LogP) is 1.16. The SMILES string of the molecule is CCN1CN(N)c2ccccc21. The van der Waals surface area contributed by atoms with Gasteiger partial charge in [-0.25, -0.2) is 5.84 Å². The zero-order chi connectivity index (χ0) is 8.55. The van der Waals surface area contributed by atoms with Crippen molar-refractivity contribution in [1.29, 1.82) is 0 Å². The van der Waals surface area contributed by atoms with Gasteiger partial charge < -0.3 is 4.90 Å². The van der Waals surface area contributed by atoms with E-state index in [1.54, 1.807) is 5.01 Å². The van der Waals surface area contributed by atoms with Crippen molar-refractivity contribution >= 4 is 11.4 Å². The molecule has 0 fully saturated rings. The fourth-order valence-electron chi connectivity index (χ4n) is 1.58. The maximum Gasteiger partial charge on any atom is 0.105 e. The van der Waals surface area contributed by atoms with Crippen LogP contribution in [0, 0.1) is 0 Å². The van der Waals surface area contributed by atoms with Gasteiger partial charge in [-0.15, -0.1) is 0 Å². The Labute approximate surface area is 72.4 Å². The van der Waals surface area contributed by atoms with Crippen LogP contribution in [0.1, 0.15) is 6.92 Å². The minimum absolute atomic E-state index is 0.801. The first-order valence-corrected chi connectivity index (χ1v) is 4.19. The van der Waals surface area contributed by atoms with E-state index in [9.17, 15) is 0 Å². The zero-order valence-corrected chi connectivity index (χ0v) is 7.20. The first kappa shape index (κ1) is 7.43. The number of hydrogen-bond donors (Lipinski definition) is 1. The fourth-order valence-corrected chi connectivity index (χ4v) is 1.58. The molecule has 0 radical (unpaired) electrons. The molecular weight excluding hydrogens is 150 g/mol. The van der Waals surface area contributed by atoms with Crippen LogP contribution >= 0.6 is 0 Å². The molecule has 0 amide bonds. The molecule has 0 aliphatic carbocycles. The van der Waals surface area contributed by atoms with Crippen LogP contribution < -0.4 is 15.8 Å². The molecule has 1 heterocycles. The summed E-state index contributed by atoms with van der Waals surface area (Å²) >= 11 is 0. The third kappa shape index (κ3) is 0.940. The van der Waals surface area contributed by atoms with Crippen LogP contribution in [-0.4, -0.2) is 13.2 Å². The predicted molar refractivity (Wildman–Crippen MR) is 51.0 cm³/mol. The molecule has 0 atom stereocenters. The van der Waals surface area contributed by atoms with E-state index in [1.165, 1.54) is 5.69 Å². The largest absolute Gasteiger partial charge is 0.351 e. The molecule has 3 nitrogen and oxygen atoms in total. The summed E-state index contributed by atoms with van der Waals surface area (Å²) in [6, 6.07) is 8.20. The van der Waals surface area contributed by atoms with Crippen molar-refractivity contribution in [1.82, 2.24) is 0 Å². The Balaban J connectivity index is 2.43. The van der Waals surface area contributed by atoms with Crippen molar-refractivity contribution in [2.24, 2.45) is 5.84 Å². The molecule has 3 heteroatoms. The molecule has 64 valence electrons. The van der Waals surface area contributed by atoms with Gasteiger partial charge in [0.15, 0.2) is 0 Å².